The minimum atomic E-state index is -1.18. The van der Waals surface area contributed by atoms with Crippen molar-refractivity contribution in [1.82, 2.24) is 10.2 Å². The molecule has 102 valence electrons. The van der Waals surface area contributed by atoms with Gasteiger partial charge in [-0.2, -0.15) is 0 Å². The zero-order chi connectivity index (χ0) is 13.7. The third-order valence-corrected chi connectivity index (χ3v) is 3.09. The van der Waals surface area contributed by atoms with Gasteiger partial charge in [-0.05, 0) is 0 Å². The first kappa shape index (κ1) is 15.3. The molecular formula is C10H16N2O5Se. The molecular weight excluding hydrogens is 307 g/mol. The van der Waals surface area contributed by atoms with Gasteiger partial charge in [0.05, 0.1) is 0 Å². The van der Waals surface area contributed by atoms with E-state index in [1.165, 1.54) is 29.3 Å². The molecule has 0 aliphatic carbocycles. The van der Waals surface area contributed by atoms with Gasteiger partial charge in [-0.3, -0.25) is 0 Å². The van der Waals surface area contributed by atoms with Crippen LogP contribution < -0.4 is 5.32 Å². The molecule has 7 nitrogen and oxygen atoms in total. The van der Waals surface area contributed by atoms with Gasteiger partial charge in [-0.25, -0.2) is 0 Å². The SMILES string of the molecule is CNC(=O)/C=C\N(C=[Se])C1OC(CO)C(O)C1O. The number of hydrogen-bond acceptors (Lipinski definition) is 6. The number of carbonyl (C=O) groups is 1. The summed E-state index contributed by atoms with van der Waals surface area (Å²) in [5.74, 6) is -0.311. The molecule has 0 aromatic rings. The van der Waals surface area contributed by atoms with Gasteiger partial charge < -0.3 is 0 Å². The van der Waals surface area contributed by atoms with Crippen LogP contribution in [-0.4, -0.2) is 84.9 Å². The summed E-state index contributed by atoms with van der Waals surface area (Å²) < 4.78 is 5.30. The fourth-order valence-corrected chi connectivity index (χ4v) is 1.94. The monoisotopic (exact) mass is 324 g/mol. The number of aliphatic hydroxyl groups excluding tert-OH is 3. The Hall–Kier alpha value is -0.761. The zero-order valence-electron chi connectivity index (χ0n) is 9.76. The summed E-state index contributed by atoms with van der Waals surface area (Å²) >= 11 is 2.61. The van der Waals surface area contributed by atoms with Crippen molar-refractivity contribution in [3.8, 4) is 0 Å². The van der Waals surface area contributed by atoms with Crippen LogP contribution in [0.25, 0.3) is 0 Å². The van der Waals surface area contributed by atoms with Crippen LogP contribution in [0.5, 0.6) is 0 Å². The van der Waals surface area contributed by atoms with E-state index in [1.54, 1.807) is 0 Å². The molecule has 0 aromatic heterocycles. The van der Waals surface area contributed by atoms with E-state index in [-0.39, 0.29) is 5.91 Å². The van der Waals surface area contributed by atoms with Crippen LogP contribution in [0.15, 0.2) is 12.3 Å². The van der Waals surface area contributed by atoms with Crippen molar-refractivity contribution in [3.63, 3.8) is 0 Å². The van der Waals surface area contributed by atoms with Crippen molar-refractivity contribution in [2.45, 2.75) is 24.5 Å². The van der Waals surface area contributed by atoms with Crippen molar-refractivity contribution in [3.05, 3.63) is 12.3 Å². The van der Waals surface area contributed by atoms with Gasteiger partial charge in [0.2, 0.25) is 0 Å². The maximum atomic E-state index is 11.1. The quantitative estimate of drug-likeness (QED) is 0.316. The van der Waals surface area contributed by atoms with Crippen LogP contribution in [-0.2, 0) is 9.53 Å². The number of ether oxygens (including phenoxy) is 1. The van der Waals surface area contributed by atoms with Crippen LogP contribution in [0.1, 0.15) is 0 Å². The summed E-state index contributed by atoms with van der Waals surface area (Å²) in [5, 5.41) is 32.2. The van der Waals surface area contributed by atoms with Crippen LogP contribution in [0.4, 0.5) is 0 Å². The molecule has 1 fully saturated rings. The van der Waals surface area contributed by atoms with E-state index in [0.717, 1.165) is 0 Å². The van der Waals surface area contributed by atoms with Crippen LogP contribution in [0, 0.1) is 0 Å². The average molecular weight is 323 g/mol. The van der Waals surface area contributed by atoms with E-state index in [2.05, 4.69) is 20.9 Å². The normalized spacial score (nSPS) is 31.6. The zero-order valence-corrected chi connectivity index (χ0v) is 11.5. The van der Waals surface area contributed by atoms with Crippen molar-refractivity contribution in [2.75, 3.05) is 13.7 Å². The standard InChI is InChI=1S/C10H16N2O5Se/c1-11-7(14)2-3-12(5-18)10-9(16)8(15)6(4-13)17-10/h2-3,5-6,8-10,13,15-16H,4H2,1H3,(H,11,14)/b3-2-. The van der Waals surface area contributed by atoms with Gasteiger partial charge in [0.1, 0.15) is 0 Å². The van der Waals surface area contributed by atoms with E-state index < -0.39 is 31.1 Å². The fourth-order valence-electron chi connectivity index (χ4n) is 1.54. The van der Waals surface area contributed by atoms with E-state index in [0.29, 0.717) is 0 Å². The number of rotatable bonds is 5. The molecule has 0 radical (unpaired) electrons. The summed E-state index contributed by atoms with van der Waals surface area (Å²) in [7, 11) is 1.49. The molecule has 0 spiro atoms. The Morgan fingerprint density at radius 3 is 2.61 bits per heavy atom. The van der Waals surface area contributed by atoms with Crippen LogP contribution >= 0.6 is 0 Å². The molecule has 1 amide bonds. The first-order chi connectivity index (χ1) is 8.54. The second kappa shape index (κ2) is 6.98. The molecule has 1 aliphatic rings. The molecule has 4 N–H and O–H groups in total. The predicted molar refractivity (Wildman–Crippen MR) is 64.6 cm³/mol. The van der Waals surface area contributed by atoms with Gasteiger partial charge in [-0.1, -0.05) is 0 Å². The fraction of sp³-hybridized carbons (Fsp3) is 0.600. The van der Waals surface area contributed by atoms with Crippen molar-refractivity contribution in [1.29, 1.82) is 0 Å². The Labute approximate surface area is 112 Å². The second-order valence-corrected chi connectivity index (χ2v) is 4.15. The number of amides is 1. The Morgan fingerprint density at radius 2 is 2.17 bits per heavy atom. The van der Waals surface area contributed by atoms with E-state index in [4.69, 9.17) is 9.84 Å². The van der Waals surface area contributed by atoms with Crippen LogP contribution in [0.2, 0.25) is 0 Å². The van der Waals surface area contributed by atoms with E-state index in [1.807, 2.05) is 0 Å². The summed E-state index contributed by atoms with van der Waals surface area (Å²) in [6, 6.07) is 0. The van der Waals surface area contributed by atoms with E-state index in [9.17, 15) is 15.0 Å². The summed E-state index contributed by atoms with van der Waals surface area (Å²) in [6.45, 7) is -0.394. The molecule has 4 atom stereocenters. The Balaban J connectivity index is 2.74. The maximum absolute atomic E-state index is 11.1. The van der Waals surface area contributed by atoms with Gasteiger partial charge in [-0.15, -0.1) is 0 Å². The molecule has 18 heavy (non-hydrogen) atoms. The molecule has 4 unspecified atom stereocenters. The molecule has 0 aromatic carbocycles. The molecule has 8 heteroatoms. The molecule has 1 heterocycles. The Morgan fingerprint density at radius 1 is 1.50 bits per heavy atom. The van der Waals surface area contributed by atoms with Crippen molar-refractivity contribution < 1.29 is 24.9 Å². The number of nitrogens with zero attached hydrogens (tertiary/aromatic N) is 1. The number of likely N-dealkylation sites (N-methyl/N-ethyl adjacent to an activating group) is 1. The summed E-state index contributed by atoms with van der Waals surface area (Å²) in [5.41, 5.74) is 0. The topological polar surface area (TPSA) is 102 Å². The number of carbonyl (C=O) groups excluding carboxylic acids is 1. The minimum absolute atomic E-state index is 0.311. The van der Waals surface area contributed by atoms with Gasteiger partial charge in [0.15, 0.2) is 0 Å². The van der Waals surface area contributed by atoms with Crippen molar-refractivity contribution in [2.24, 2.45) is 0 Å². The summed E-state index contributed by atoms with van der Waals surface area (Å²) in [6.07, 6.45) is -1.41. The predicted octanol–water partition coefficient (Wildman–Crippen LogP) is -3.08. The Bertz CT molecular complexity index is 338. The summed E-state index contributed by atoms with van der Waals surface area (Å²) in [4.78, 5) is 12.5. The third-order valence-electron chi connectivity index (χ3n) is 2.58. The first-order valence-corrected chi connectivity index (χ1v) is 6.29. The van der Waals surface area contributed by atoms with Gasteiger partial charge in [0.25, 0.3) is 0 Å². The van der Waals surface area contributed by atoms with Crippen molar-refractivity contribution >= 4 is 26.5 Å². The average Bonchev–Trinajstić information content (AvgIpc) is 2.67. The first-order valence-electron chi connectivity index (χ1n) is 5.30. The third kappa shape index (κ3) is 3.38. The molecule has 1 saturated heterocycles. The second-order valence-electron chi connectivity index (χ2n) is 3.71. The van der Waals surface area contributed by atoms with E-state index >= 15 is 0 Å². The molecule has 0 saturated carbocycles. The molecule has 1 aliphatic heterocycles. The molecule has 0 bridgehead atoms. The van der Waals surface area contributed by atoms with Gasteiger partial charge in [0, 0.05) is 0 Å². The number of nitrogens with one attached hydrogen (secondary N) is 1. The Kier molecular flexibility index (Phi) is 5.93. The van der Waals surface area contributed by atoms with Crippen LogP contribution in [0.3, 0.4) is 0 Å². The number of hydrogen-bond donors (Lipinski definition) is 4. The number of aliphatic hydroxyl groups is 3. The molecule has 1 rings (SSSR count). The van der Waals surface area contributed by atoms with Gasteiger partial charge >= 0.3 is 112 Å².